The summed E-state index contributed by atoms with van der Waals surface area (Å²) in [4.78, 5) is 15.8. The summed E-state index contributed by atoms with van der Waals surface area (Å²) in [5.74, 6) is -0.678. The minimum Gasteiger partial charge on any atom is -0.480 e. The first kappa shape index (κ1) is 14.9. The van der Waals surface area contributed by atoms with Gasteiger partial charge in [-0.1, -0.05) is 19.1 Å². The number of likely N-dealkylation sites (tertiary alicyclic amines) is 1. The van der Waals surface area contributed by atoms with E-state index in [9.17, 15) is 9.90 Å². The van der Waals surface area contributed by atoms with Crippen molar-refractivity contribution < 1.29 is 9.90 Å². The molecule has 1 saturated heterocycles. The molecular weight excluding hydrogens is 252 g/mol. The normalized spacial score (nSPS) is 22.9. The molecule has 0 saturated carbocycles. The van der Waals surface area contributed by atoms with Gasteiger partial charge in [0.1, 0.15) is 5.54 Å². The van der Waals surface area contributed by atoms with Gasteiger partial charge in [-0.3, -0.25) is 9.69 Å². The monoisotopic (exact) mass is 276 g/mol. The van der Waals surface area contributed by atoms with E-state index < -0.39 is 11.5 Å². The van der Waals surface area contributed by atoms with Gasteiger partial charge in [0, 0.05) is 26.3 Å². The van der Waals surface area contributed by atoms with Crippen molar-refractivity contribution in [1.29, 1.82) is 0 Å². The number of nitrogens with zero attached hydrogens (tertiary/aromatic N) is 2. The van der Waals surface area contributed by atoms with Gasteiger partial charge in [0.25, 0.3) is 0 Å². The number of carbonyl (C=O) groups is 1. The zero-order valence-electron chi connectivity index (χ0n) is 12.6. The number of benzene rings is 1. The maximum Gasteiger partial charge on any atom is 0.324 e. The number of aliphatic carboxylic acids is 1. The Hall–Kier alpha value is -1.55. The highest BCUT2D eigenvalue weighted by molar-refractivity contribution is 5.79. The molecule has 1 unspecified atom stereocenters. The maximum absolute atomic E-state index is 11.7. The van der Waals surface area contributed by atoms with Crippen LogP contribution in [0, 0.1) is 0 Å². The van der Waals surface area contributed by atoms with E-state index in [0.29, 0.717) is 13.0 Å². The summed E-state index contributed by atoms with van der Waals surface area (Å²) in [5.41, 5.74) is 1.67. The first-order chi connectivity index (χ1) is 9.49. The molecule has 110 valence electrons. The molecule has 1 atom stereocenters. The summed E-state index contributed by atoms with van der Waals surface area (Å²) in [6.45, 7) is 3.56. The first-order valence-electron chi connectivity index (χ1n) is 7.24. The van der Waals surface area contributed by atoms with E-state index in [-0.39, 0.29) is 0 Å². The third-order valence-corrected chi connectivity index (χ3v) is 4.43. The molecule has 1 aliphatic rings. The van der Waals surface area contributed by atoms with Crippen molar-refractivity contribution in [3.8, 4) is 0 Å². The van der Waals surface area contributed by atoms with Crippen LogP contribution in [-0.2, 0) is 11.3 Å². The Kier molecular flexibility index (Phi) is 4.33. The second-order valence-corrected chi connectivity index (χ2v) is 5.78. The quantitative estimate of drug-likeness (QED) is 0.897. The van der Waals surface area contributed by atoms with Crippen LogP contribution in [0.4, 0.5) is 5.69 Å². The maximum atomic E-state index is 11.7. The summed E-state index contributed by atoms with van der Waals surface area (Å²) in [7, 11) is 4.03. The minimum absolute atomic E-state index is 0.665. The van der Waals surface area contributed by atoms with Gasteiger partial charge in [0.2, 0.25) is 0 Å². The average molecular weight is 276 g/mol. The van der Waals surface area contributed by atoms with Gasteiger partial charge in [0.15, 0.2) is 0 Å². The van der Waals surface area contributed by atoms with E-state index >= 15 is 0 Å². The Balaban J connectivity index is 2.14. The Bertz CT molecular complexity index is 470. The lowest BCUT2D eigenvalue weighted by atomic mass is 9.92. The van der Waals surface area contributed by atoms with Crippen LogP contribution >= 0.6 is 0 Å². The van der Waals surface area contributed by atoms with Crippen molar-refractivity contribution in [2.45, 2.75) is 38.3 Å². The number of anilines is 1. The van der Waals surface area contributed by atoms with Crippen LogP contribution in [0.2, 0.25) is 0 Å². The smallest absolute Gasteiger partial charge is 0.324 e. The zero-order valence-corrected chi connectivity index (χ0v) is 12.6. The number of rotatable bonds is 5. The summed E-state index contributed by atoms with van der Waals surface area (Å²) in [6, 6.07) is 8.35. The topological polar surface area (TPSA) is 43.8 Å². The second kappa shape index (κ2) is 5.83. The first-order valence-corrected chi connectivity index (χ1v) is 7.24. The summed E-state index contributed by atoms with van der Waals surface area (Å²) >= 11 is 0. The minimum atomic E-state index is -0.678. The molecule has 1 fully saturated rings. The zero-order chi connectivity index (χ0) is 14.8. The fourth-order valence-electron chi connectivity index (χ4n) is 3.08. The molecule has 0 spiro atoms. The molecule has 0 aliphatic carbocycles. The summed E-state index contributed by atoms with van der Waals surface area (Å²) in [6.07, 6.45) is 2.39. The van der Waals surface area contributed by atoms with Crippen LogP contribution < -0.4 is 4.90 Å². The van der Waals surface area contributed by atoms with E-state index in [1.807, 2.05) is 21.0 Å². The molecule has 1 aromatic rings. The van der Waals surface area contributed by atoms with E-state index in [0.717, 1.165) is 25.1 Å². The van der Waals surface area contributed by atoms with Crippen LogP contribution in [0.25, 0.3) is 0 Å². The van der Waals surface area contributed by atoms with Crippen molar-refractivity contribution in [3.63, 3.8) is 0 Å². The molecule has 1 N–H and O–H groups in total. The molecule has 20 heavy (non-hydrogen) atoms. The highest BCUT2D eigenvalue weighted by atomic mass is 16.4. The van der Waals surface area contributed by atoms with E-state index in [4.69, 9.17) is 0 Å². The molecule has 1 aromatic carbocycles. The van der Waals surface area contributed by atoms with E-state index in [1.54, 1.807) is 0 Å². The van der Waals surface area contributed by atoms with Gasteiger partial charge in [-0.2, -0.15) is 0 Å². The van der Waals surface area contributed by atoms with Gasteiger partial charge >= 0.3 is 5.97 Å². The van der Waals surface area contributed by atoms with Crippen LogP contribution in [0.1, 0.15) is 31.7 Å². The number of hydrogen-bond acceptors (Lipinski definition) is 3. The fraction of sp³-hybridized carbons (Fsp3) is 0.562. The molecule has 0 aromatic heterocycles. The van der Waals surface area contributed by atoms with Gasteiger partial charge in [-0.15, -0.1) is 0 Å². The predicted molar refractivity (Wildman–Crippen MR) is 81.1 cm³/mol. The molecule has 0 amide bonds. The third-order valence-electron chi connectivity index (χ3n) is 4.43. The average Bonchev–Trinajstić information content (AvgIpc) is 2.83. The number of carboxylic acids is 1. The van der Waals surface area contributed by atoms with E-state index in [1.165, 1.54) is 5.56 Å². The van der Waals surface area contributed by atoms with Crippen molar-refractivity contribution in [2.24, 2.45) is 0 Å². The van der Waals surface area contributed by atoms with Crippen molar-refractivity contribution >= 4 is 11.7 Å². The van der Waals surface area contributed by atoms with Gasteiger partial charge in [0.05, 0.1) is 0 Å². The van der Waals surface area contributed by atoms with Crippen LogP contribution in [0.15, 0.2) is 24.3 Å². The highest BCUT2D eigenvalue weighted by Crippen LogP contribution is 2.34. The van der Waals surface area contributed by atoms with Crippen LogP contribution in [0.3, 0.4) is 0 Å². The lowest BCUT2D eigenvalue weighted by Crippen LogP contribution is -2.49. The SMILES string of the molecule is CCC1(C(=O)O)CCCN1Cc1ccc(N(C)C)cc1. The third kappa shape index (κ3) is 2.66. The molecule has 4 nitrogen and oxygen atoms in total. The Morgan fingerprint density at radius 3 is 2.50 bits per heavy atom. The Morgan fingerprint density at radius 2 is 2.00 bits per heavy atom. The summed E-state index contributed by atoms with van der Waals surface area (Å²) in [5, 5.41) is 9.58. The molecule has 0 radical (unpaired) electrons. The van der Waals surface area contributed by atoms with Crippen LogP contribution in [-0.4, -0.2) is 42.2 Å². The molecule has 1 heterocycles. The molecule has 4 heteroatoms. The molecule has 2 rings (SSSR count). The van der Waals surface area contributed by atoms with Crippen molar-refractivity contribution in [1.82, 2.24) is 4.90 Å². The van der Waals surface area contributed by atoms with Gasteiger partial charge in [-0.25, -0.2) is 0 Å². The fourth-order valence-corrected chi connectivity index (χ4v) is 3.08. The lowest BCUT2D eigenvalue weighted by Gasteiger charge is -2.34. The van der Waals surface area contributed by atoms with Crippen molar-refractivity contribution in [2.75, 3.05) is 25.5 Å². The molecule has 0 bridgehead atoms. The van der Waals surface area contributed by atoms with Crippen LogP contribution in [0.5, 0.6) is 0 Å². The molecule has 1 aliphatic heterocycles. The standard InChI is InChI=1S/C16H24N2O2/c1-4-16(15(19)20)10-5-11-18(16)12-13-6-8-14(9-7-13)17(2)3/h6-9H,4-5,10-12H2,1-3H3,(H,19,20). The molecular formula is C16H24N2O2. The largest absolute Gasteiger partial charge is 0.480 e. The van der Waals surface area contributed by atoms with E-state index in [2.05, 4.69) is 34.1 Å². The highest BCUT2D eigenvalue weighted by Gasteiger charge is 2.45. The summed E-state index contributed by atoms with van der Waals surface area (Å²) < 4.78 is 0. The second-order valence-electron chi connectivity index (χ2n) is 5.78. The van der Waals surface area contributed by atoms with Gasteiger partial charge < -0.3 is 10.0 Å². The van der Waals surface area contributed by atoms with Crippen molar-refractivity contribution in [3.05, 3.63) is 29.8 Å². The van der Waals surface area contributed by atoms with Gasteiger partial charge in [-0.05, 0) is 43.5 Å². The lowest BCUT2D eigenvalue weighted by molar-refractivity contribution is -0.150. The predicted octanol–water partition coefficient (Wildman–Crippen LogP) is 2.58. The number of hydrogen-bond donors (Lipinski definition) is 1. The Morgan fingerprint density at radius 1 is 1.35 bits per heavy atom. The number of carboxylic acid groups (broad SMARTS) is 1. The Labute approximate surface area is 121 Å².